The Morgan fingerprint density at radius 2 is 1.64 bits per heavy atom. The lowest BCUT2D eigenvalue weighted by Crippen LogP contribution is -1.90. The van der Waals surface area contributed by atoms with Gasteiger partial charge in [-0.05, 0) is 74.6 Å². The molecule has 1 heterocycles. The van der Waals surface area contributed by atoms with E-state index in [1.54, 1.807) is 7.11 Å². The van der Waals surface area contributed by atoms with Gasteiger partial charge in [0, 0.05) is 15.3 Å². The van der Waals surface area contributed by atoms with Crippen molar-refractivity contribution in [1.29, 1.82) is 0 Å². The van der Waals surface area contributed by atoms with E-state index in [4.69, 9.17) is 16.3 Å². The Morgan fingerprint density at radius 3 is 2.14 bits per heavy atom. The number of allylic oxidation sites excluding steroid dienone is 2. The highest BCUT2D eigenvalue weighted by atomic mass is 35.5. The predicted molar refractivity (Wildman–Crippen MR) is 165 cm³/mol. The molecule has 0 aliphatic carbocycles. The zero-order valence-corrected chi connectivity index (χ0v) is 25.2. The third-order valence-corrected chi connectivity index (χ3v) is 6.70. The largest absolute Gasteiger partial charge is 0.497 e. The molecule has 3 rings (SSSR count). The van der Waals surface area contributed by atoms with Gasteiger partial charge < -0.3 is 4.74 Å². The van der Waals surface area contributed by atoms with Crippen molar-refractivity contribution in [3.63, 3.8) is 0 Å². The molecule has 0 aliphatic heterocycles. The van der Waals surface area contributed by atoms with Gasteiger partial charge in [0.05, 0.1) is 12.1 Å². The number of thiophene rings is 1. The predicted octanol–water partition coefficient (Wildman–Crippen LogP) is 11.4. The Morgan fingerprint density at radius 1 is 0.972 bits per heavy atom. The molecule has 1 nitrogen and oxygen atoms in total. The highest BCUT2D eigenvalue weighted by Gasteiger charge is 2.14. The number of benzene rings is 2. The van der Waals surface area contributed by atoms with Gasteiger partial charge in [-0.25, -0.2) is 0 Å². The maximum Gasteiger partial charge on any atom is 0.120 e. The van der Waals surface area contributed by atoms with Crippen LogP contribution in [0.4, 0.5) is 0 Å². The van der Waals surface area contributed by atoms with Gasteiger partial charge in [0.2, 0.25) is 0 Å². The van der Waals surface area contributed by atoms with E-state index in [2.05, 4.69) is 97.0 Å². The van der Waals surface area contributed by atoms with Crippen LogP contribution in [-0.4, -0.2) is 7.11 Å². The lowest BCUT2D eigenvalue weighted by Gasteiger charge is -2.10. The number of hydrogen-bond acceptors (Lipinski definition) is 2. The van der Waals surface area contributed by atoms with Crippen LogP contribution in [0.1, 0.15) is 93.7 Å². The van der Waals surface area contributed by atoms with E-state index in [1.165, 1.54) is 51.3 Å². The van der Waals surface area contributed by atoms with Gasteiger partial charge in [-0.15, -0.1) is 11.3 Å². The molecule has 1 aromatic heterocycles. The first-order valence-electron chi connectivity index (χ1n) is 13.1. The average Bonchev–Trinajstić information content (AvgIpc) is 3.22. The summed E-state index contributed by atoms with van der Waals surface area (Å²) in [5.41, 5.74) is 6.32. The van der Waals surface area contributed by atoms with Crippen molar-refractivity contribution in [1.82, 2.24) is 0 Å². The topological polar surface area (TPSA) is 9.23 Å². The summed E-state index contributed by atoms with van der Waals surface area (Å²) in [5, 5.41) is 0.733. The van der Waals surface area contributed by atoms with Crippen LogP contribution in [0.2, 0.25) is 5.02 Å². The normalized spacial score (nSPS) is 10.5. The molecular formula is C33H45ClOS. The van der Waals surface area contributed by atoms with Gasteiger partial charge in [-0.1, -0.05) is 107 Å². The fourth-order valence-corrected chi connectivity index (χ4v) is 4.76. The Hall–Kier alpha value is -2.29. The zero-order chi connectivity index (χ0) is 26.9. The standard InChI is InChI=1S/C22H27ClOS.C8H10.C3H8/c1-6-7-8-9-20(19-11-10-18(24-5)14-21(19)23)22-13-17(12-15(2)3)16(4)25-22;1-2-8-6-4-3-5-7-8;1-3-2/h9-14H,6-8H2,1-5H3;3-7H,2H2,1H3;3H2,1-2H3/b20-9-;;. The van der Waals surface area contributed by atoms with Crippen LogP contribution in [0, 0.1) is 6.92 Å². The van der Waals surface area contributed by atoms with E-state index in [0.29, 0.717) is 0 Å². The zero-order valence-electron chi connectivity index (χ0n) is 23.6. The lowest BCUT2D eigenvalue weighted by atomic mass is 10.0. The average molecular weight is 525 g/mol. The lowest BCUT2D eigenvalue weighted by molar-refractivity contribution is 0.415. The summed E-state index contributed by atoms with van der Waals surface area (Å²) in [6.45, 7) is 15.1. The van der Waals surface area contributed by atoms with Crippen LogP contribution < -0.4 is 4.74 Å². The summed E-state index contributed by atoms with van der Waals surface area (Å²) in [6, 6.07) is 18.7. The first kappa shape index (κ1) is 31.7. The van der Waals surface area contributed by atoms with Crippen molar-refractivity contribution in [2.75, 3.05) is 7.11 Å². The van der Waals surface area contributed by atoms with Crippen LogP contribution in [0.15, 0.2) is 66.2 Å². The van der Waals surface area contributed by atoms with E-state index in [-0.39, 0.29) is 0 Å². The number of aryl methyl sites for hydroxylation is 2. The number of methoxy groups -OCH3 is 1. The number of ether oxygens (including phenoxy) is 1. The molecule has 2 aromatic carbocycles. The highest BCUT2D eigenvalue weighted by molar-refractivity contribution is 7.13. The SMILES string of the molecule is CCC.CCCC/C=C(\c1cc(C=C(C)C)c(C)s1)c1ccc(OC)cc1Cl.CCc1ccccc1. The van der Waals surface area contributed by atoms with Gasteiger partial charge in [0.1, 0.15) is 5.75 Å². The van der Waals surface area contributed by atoms with E-state index < -0.39 is 0 Å². The maximum absolute atomic E-state index is 6.57. The summed E-state index contributed by atoms with van der Waals surface area (Å²) in [5.74, 6) is 0.786. The minimum absolute atomic E-state index is 0.733. The molecule has 0 spiro atoms. The molecular weight excluding hydrogens is 480 g/mol. The fraction of sp³-hybridized carbons (Fsp3) is 0.394. The molecule has 3 heteroatoms. The molecule has 0 N–H and O–H groups in total. The molecule has 0 aliphatic rings. The van der Waals surface area contributed by atoms with Crippen LogP contribution in [-0.2, 0) is 6.42 Å². The van der Waals surface area contributed by atoms with Crippen molar-refractivity contribution >= 4 is 34.6 Å². The second-order valence-electron chi connectivity index (χ2n) is 9.00. The van der Waals surface area contributed by atoms with Gasteiger partial charge in [-0.2, -0.15) is 0 Å². The Balaban J connectivity index is 0.000000488. The third kappa shape index (κ3) is 11.2. The molecule has 0 fully saturated rings. The minimum atomic E-state index is 0.733. The minimum Gasteiger partial charge on any atom is -0.497 e. The summed E-state index contributed by atoms with van der Waals surface area (Å²) in [4.78, 5) is 2.61. The maximum atomic E-state index is 6.57. The number of rotatable bonds is 8. The van der Waals surface area contributed by atoms with Gasteiger partial charge in [0.15, 0.2) is 0 Å². The van der Waals surface area contributed by atoms with E-state index in [9.17, 15) is 0 Å². The van der Waals surface area contributed by atoms with Crippen molar-refractivity contribution in [3.05, 3.63) is 97.7 Å². The van der Waals surface area contributed by atoms with Crippen molar-refractivity contribution < 1.29 is 4.74 Å². The number of unbranched alkanes of at least 4 members (excludes halogenated alkanes) is 2. The van der Waals surface area contributed by atoms with Crippen molar-refractivity contribution in [2.45, 2.75) is 80.6 Å². The summed E-state index contributed by atoms with van der Waals surface area (Å²) in [7, 11) is 1.66. The Labute approximate surface area is 229 Å². The van der Waals surface area contributed by atoms with Gasteiger partial charge in [-0.3, -0.25) is 0 Å². The Kier molecular flexibility index (Phi) is 15.9. The van der Waals surface area contributed by atoms with Gasteiger partial charge in [0.25, 0.3) is 0 Å². The molecule has 0 atom stereocenters. The molecule has 0 saturated carbocycles. The second-order valence-corrected chi connectivity index (χ2v) is 10.7. The molecule has 3 aromatic rings. The molecule has 0 amide bonds. The quantitative estimate of drug-likeness (QED) is 0.266. The fourth-order valence-electron chi connectivity index (χ4n) is 3.43. The molecule has 196 valence electrons. The van der Waals surface area contributed by atoms with Crippen LogP contribution in [0.5, 0.6) is 5.75 Å². The van der Waals surface area contributed by atoms with E-state index >= 15 is 0 Å². The van der Waals surface area contributed by atoms with Crippen molar-refractivity contribution in [2.24, 2.45) is 0 Å². The third-order valence-electron chi connectivity index (χ3n) is 5.29. The highest BCUT2D eigenvalue weighted by Crippen LogP contribution is 2.37. The summed E-state index contributed by atoms with van der Waals surface area (Å²) >= 11 is 8.40. The van der Waals surface area contributed by atoms with E-state index in [1.807, 2.05) is 29.5 Å². The van der Waals surface area contributed by atoms with E-state index in [0.717, 1.165) is 29.2 Å². The molecule has 36 heavy (non-hydrogen) atoms. The van der Waals surface area contributed by atoms with Crippen LogP contribution in [0.25, 0.3) is 11.6 Å². The monoisotopic (exact) mass is 524 g/mol. The number of halogens is 1. The molecule has 0 bridgehead atoms. The molecule has 0 unspecified atom stereocenters. The van der Waals surface area contributed by atoms with Crippen molar-refractivity contribution in [3.8, 4) is 5.75 Å². The Bertz CT molecular complexity index is 1070. The first-order valence-corrected chi connectivity index (χ1v) is 14.3. The molecule has 0 saturated heterocycles. The smallest absolute Gasteiger partial charge is 0.120 e. The summed E-state index contributed by atoms with van der Waals surface area (Å²) < 4.78 is 5.29. The van der Waals surface area contributed by atoms with Crippen LogP contribution >= 0.6 is 22.9 Å². The number of hydrogen-bond donors (Lipinski definition) is 0. The van der Waals surface area contributed by atoms with Crippen LogP contribution in [0.3, 0.4) is 0 Å². The van der Waals surface area contributed by atoms with Gasteiger partial charge >= 0.3 is 0 Å². The first-order chi connectivity index (χ1) is 17.3. The molecule has 0 radical (unpaired) electrons. The summed E-state index contributed by atoms with van der Waals surface area (Å²) in [6.07, 6.45) is 10.4. The second kappa shape index (κ2) is 18.0.